The second-order valence-electron chi connectivity index (χ2n) is 4.91. The molecule has 0 aliphatic carbocycles. The number of nitrogens with one attached hydrogen (secondary N) is 1. The average molecular weight is 362 g/mol. The number of hydrogen-bond donors (Lipinski definition) is 1. The SMILES string of the molecule is O=C(Nc1cccc(Cl)c1)c1ccn(COc2ccccc2Cl)n1. The molecule has 3 rings (SSSR count). The van der Waals surface area contributed by atoms with Crippen molar-refractivity contribution in [2.45, 2.75) is 6.73 Å². The van der Waals surface area contributed by atoms with Crippen LogP contribution in [-0.4, -0.2) is 15.7 Å². The van der Waals surface area contributed by atoms with Crippen LogP contribution in [0.15, 0.2) is 60.8 Å². The molecule has 122 valence electrons. The first-order chi connectivity index (χ1) is 11.6. The number of halogens is 2. The molecule has 0 aliphatic rings. The summed E-state index contributed by atoms with van der Waals surface area (Å²) < 4.78 is 7.08. The van der Waals surface area contributed by atoms with Crippen molar-refractivity contribution in [1.29, 1.82) is 0 Å². The van der Waals surface area contributed by atoms with Gasteiger partial charge in [-0.3, -0.25) is 4.79 Å². The summed E-state index contributed by atoms with van der Waals surface area (Å²) in [6, 6.07) is 15.7. The number of benzene rings is 2. The summed E-state index contributed by atoms with van der Waals surface area (Å²) in [5.41, 5.74) is 0.882. The molecular formula is C17H13Cl2N3O2. The number of para-hydroxylation sites is 1. The molecule has 3 aromatic rings. The summed E-state index contributed by atoms with van der Waals surface area (Å²) in [6.45, 7) is 0.147. The monoisotopic (exact) mass is 361 g/mol. The van der Waals surface area contributed by atoms with E-state index < -0.39 is 0 Å². The van der Waals surface area contributed by atoms with Crippen molar-refractivity contribution < 1.29 is 9.53 Å². The Morgan fingerprint density at radius 1 is 1.12 bits per heavy atom. The lowest BCUT2D eigenvalue weighted by molar-refractivity contribution is 0.102. The summed E-state index contributed by atoms with van der Waals surface area (Å²) in [5, 5.41) is 7.98. The fourth-order valence-corrected chi connectivity index (χ4v) is 2.39. The maximum atomic E-state index is 12.2. The summed E-state index contributed by atoms with van der Waals surface area (Å²) >= 11 is 11.9. The van der Waals surface area contributed by atoms with Crippen molar-refractivity contribution in [3.8, 4) is 5.75 Å². The highest BCUT2D eigenvalue weighted by atomic mass is 35.5. The van der Waals surface area contributed by atoms with Gasteiger partial charge in [0.1, 0.15) is 5.75 Å². The van der Waals surface area contributed by atoms with Gasteiger partial charge in [0.15, 0.2) is 12.4 Å². The van der Waals surface area contributed by atoms with E-state index in [2.05, 4.69) is 10.4 Å². The first kappa shape index (κ1) is 16.4. The van der Waals surface area contributed by atoms with Crippen molar-refractivity contribution in [1.82, 2.24) is 9.78 Å². The van der Waals surface area contributed by atoms with Crippen LogP contribution in [0.3, 0.4) is 0 Å². The number of carbonyl (C=O) groups is 1. The molecule has 1 aromatic heterocycles. The molecule has 24 heavy (non-hydrogen) atoms. The van der Waals surface area contributed by atoms with Crippen LogP contribution in [0.1, 0.15) is 10.5 Å². The summed E-state index contributed by atoms with van der Waals surface area (Å²) in [4.78, 5) is 12.2. The maximum Gasteiger partial charge on any atom is 0.276 e. The van der Waals surface area contributed by atoms with Gasteiger partial charge in [-0.15, -0.1) is 0 Å². The normalized spacial score (nSPS) is 10.4. The van der Waals surface area contributed by atoms with E-state index in [-0.39, 0.29) is 18.3 Å². The van der Waals surface area contributed by atoms with Crippen LogP contribution in [0.25, 0.3) is 0 Å². The van der Waals surface area contributed by atoms with Gasteiger partial charge >= 0.3 is 0 Å². The van der Waals surface area contributed by atoms with Crippen molar-refractivity contribution in [2.24, 2.45) is 0 Å². The summed E-state index contributed by atoms with van der Waals surface area (Å²) in [7, 11) is 0. The Hall–Kier alpha value is -2.50. The molecule has 0 radical (unpaired) electrons. The van der Waals surface area contributed by atoms with E-state index in [1.54, 1.807) is 48.7 Å². The van der Waals surface area contributed by atoms with E-state index in [1.807, 2.05) is 12.1 Å². The molecule has 2 aromatic carbocycles. The van der Waals surface area contributed by atoms with E-state index in [9.17, 15) is 4.79 Å². The van der Waals surface area contributed by atoms with Crippen LogP contribution < -0.4 is 10.1 Å². The number of aromatic nitrogens is 2. The molecule has 0 fully saturated rings. The van der Waals surface area contributed by atoms with Crippen LogP contribution >= 0.6 is 23.2 Å². The highest BCUT2D eigenvalue weighted by molar-refractivity contribution is 6.32. The van der Waals surface area contributed by atoms with E-state index >= 15 is 0 Å². The van der Waals surface area contributed by atoms with Crippen LogP contribution in [0.4, 0.5) is 5.69 Å². The van der Waals surface area contributed by atoms with Gasteiger partial charge in [0.25, 0.3) is 5.91 Å². The van der Waals surface area contributed by atoms with Crippen LogP contribution in [0.5, 0.6) is 5.75 Å². The largest absolute Gasteiger partial charge is 0.470 e. The smallest absolute Gasteiger partial charge is 0.276 e. The van der Waals surface area contributed by atoms with Crippen LogP contribution in [0.2, 0.25) is 10.0 Å². The lowest BCUT2D eigenvalue weighted by Crippen LogP contribution is -2.14. The summed E-state index contributed by atoms with van der Waals surface area (Å²) in [6.07, 6.45) is 1.66. The van der Waals surface area contributed by atoms with Gasteiger partial charge in [-0.25, -0.2) is 4.68 Å². The number of nitrogens with zero attached hydrogens (tertiary/aromatic N) is 2. The predicted molar refractivity (Wildman–Crippen MR) is 93.7 cm³/mol. The second-order valence-corrected chi connectivity index (χ2v) is 5.75. The molecule has 1 amide bonds. The topological polar surface area (TPSA) is 56.2 Å². The Bertz CT molecular complexity index is 864. The predicted octanol–water partition coefficient (Wildman–Crippen LogP) is 4.48. The van der Waals surface area contributed by atoms with Gasteiger partial charge in [-0.1, -0.05) is 41.4 Å². The third-order valence-electron chi connectivity index (χ3n) is 3.14. The number of amides is 1. The third kappa shape index (κ3) is 4.07. The van der Waals surface area contributed by atoms with E-state index in [0.29, 0.717) is 21.5 Å². The minimum atomic E-state index is -0.325. The molecule has 0 unspecified atom stereocenters. The van der Waals surface area contributed by atoms with Crippen molar-refractivity contribution >= 4 is 34.8 Å². The molecule has 0 spiro atoms. The molecule has 5 nitrogen and oxygen atoms in total. The van der Waals surface area contributed by atoms with Crippen molar-refractivity contribution in [3.05, 3.63) is 76.5 Å². The molecule has 7 heteroatoms. The van der Waals surface area contributed by atoms with Gasteiger partial charge in [-0.05, 0) is 36.4 Å². The van der Waals surface area contributed by atoms with E-state index in [4.69, 9.17) is 27.9 Å². The van der Waals surface area contributed by atoms with Gasteiger partial charge in [-0.2, -0.15) is 5.10 Å². The minimum Gasteiger partial charge on any atom is -0.470 e. The van der Waals surface area contributed by atoms with Gasteiger partial charge in [0.05, 0.1) is 5.02 Å². The highest BCUT2D eigenvalue weighted by Gasteiger charge is 2.10. The molecular weight excluding hydrogens is 349 g/mol. The molecule has 1 heterocycles. The Balaban J connectivity index is 1.62. The van der Waals surface area contributed by atoms with Crippen LogP contribution in [0, 0.1) is 0 Å². The zero-order chi connectivity index (χ0) is 16.9. The number of anilines is 1. The fourth-order valence-electron chi connectivity index (χ4n) is 2.01. The van der Waals surface area contributed by atoms with Gasteiger partial charge in [0, 0.05) is 16.9 Å². The van der Waals surface area contributed by atoms with E-state index in [0.717, 1.165) is 0 Å². The molecule has 0 saturated carbocycles. The molecule has 0 atom stereocenters. The number of rotatable bonds is 5. The molecule has 0 saturated heterocycles. The second kappa shape index (κ2) is 7.38. The minimum absolute atomic E-state index is 0.147. The molecule has 0 bridgehead atoms. The zero-order valence-corrected chi connectivity index (χ0v) is 14.0. The Kier molecular flexibility index (Phi) is 5.03. The first-order valence-corrected chi connectivity index (χ1v) is 7.85. The lowest BCUT2D eigenvalue weighted by atomic mass is 10.3. The van der Waals surface area contributed by atoms with E-state index in [1.165, 1.54) is 4.68 Å². The standard InChI is InChI=1S/C17H13Cl2N3O2/c18-12-4-3-5-13(10-12)20-17(23)15-8-9-22(21-15)11-24-16-7-2-1-6-14(16)19/h1-10H,11H2,(H,20,23). The van der Waals surface area contributed by atoms with Crippen molar-refractivity contribution in [3.63, 3.8) is 0 Å². The highest BCUT2D eigenvalue weighted by Crippen LogP contribution is 2.23. The average Bonchev–Trinajstić information content (AvgIpc) is 3.03. The molecule has 0 aliphatic heterocycles. The summed E-state index contributed by atoms with van der Waals surface area (Å²) in [5.74, 6) is 0.230. The molecule has 1 N–H and O–H groups in total. The Labute approximate surface area is 148 Å². The van der Waals surface area contributed by atoms with Gasteiger partial charge in [0.2, 0.25) is 0 Å². The fraction of sp³-hybridized carbons (Fsp3) is 0.0588. The number of carbonyl (C=O) groups excluding carboxylic acids is 1. The van der Waals surface area contributed by atoms with Crippen molar-refractivity contribution in [2.75, 3.05) is 5.32 Å². The quantitative estimate of drug-likeness (QED) is 0.728. The maximum absolute atomic E-state index is 12.2. The Morgan fingerprint density at radius 3 is 2.75 bits per heavy atom. The third-order valence-corrected chi connectivity index (χ3v) is 3.69. The first-order valence-electron chi connectivity index (χ1n) is 7.09. The van der Waals surface area contributed by atoms with Gasteiger partial charge < -0.3 is 10.1 Å². The Morgan fingerprint density at radius 2 is 1.96 bits per heavy atom. The number of ether oxygens (including phenoxy) is 1. The zero-order valence-electron chi connectivity index (χ0n) is 12.4. The lowest BCUT2D eigenvalue weighted by Gasteiger charge is -2.07. The number of hydrogen-bond acceptors (Lipinski definition) is 3. The van der Waals surface area contributed by atoms with Crippen LogP contribution in [-0.2, 0) is 6.73 Å².